The van der Waals surface area contributed by atoms with E-state index in [1.165, 1.54) is 57.8 Å². The molecule has 2 N–H and O–H groups in total. The van der Waals surface area contributed by atoms with E-state index in [0.29, 0.717) is 41.8 Å². The molecule has 0 aliphatic heterocycles. The summed E-state index contributed by atoms with van der Waals surface area (Å²) in [5.74, 6) is 3.95. The zero-order valence-electron chi connectivity index (χ0n) is 20.6. The molecule has 4 fully saturated rings. The van der Waals surface area contributed by atoms with Gasteiger partial charge in [-0.05, 0) is 111 Å². The number of carboxylic acid groups (broad SMARTS) is 1. The molecule has 0 amide bonds. The fraction of sp³-hybridized carbons (Fsp3) is 0.893. The third-order valence-corrected chi connectivity index (χ3v) is 10.9. The van der Waals surface area contributed by atoms with Gasteiger partial charge in [0.25, 0.3) is 0 Å². The number of aliphatic hydroxyl groups excluding tert-OH is 1. The van der Waals surface area contributed by atoms with E-state index in [4.69, 9.17) is 14.9 Å². The molecular formula is C28H46O4. The maximum Gasteiger partial charge on any atom is 0.303 e. The molecule has 0 aromatic heterocycles. The van der Waals surface area contributed by atoms with Gasteiger partial charge in [0.2, 0.25) is 0 Å². The highest BCUT2D eigenvalue weighted by molar-refractivity contribution is 5.66. The first-order valence-corrected chi connectivity index (χ1v) is 13.4. The second kappa shape index (κ2) is 9.78. The fourth-order valence-corrected chi connectivity index (χ4v) is 9.23. The van der Waals surface area contributed by atoms with Gasteiger partial charge < -0.3 is 14.9 Å². The molecule has 4 rings (SSSR count). The summed E-state index contributed by atoms with van der Waals surface area (Å²) in [5.41, 5.74) is 0.889. The van der Waals surface area contributed by atoms with E-state index in [0.717, 1.165) is 30.1 Å². The van der Waals surface area contributed by atoms with Gasteiger partial charge in [0, 0.05) is 6.42 Å². The summed E-state index contributed by atoms with van der Waals surface area (Å²) in [7, 11) is 0. The van der Waals surface area contributed by atoms with Crippen LogP contribution >= 0.6 is 0 Å². The Bertz CT molecular complexity index is 689. The summed E-state index contributed by atoms with van der Waals surface area (Å²) < 4.78 is 6.14. The third kappa shape index (κ3) is 4.43. The van der Waals surface area contributed by atoms with Crippen molar-refractivity contribution < 1.29 is 19.7 Å². The summed E-state index contributed by atoms with van der Waals surface area (Å²) >= 11 is 0. The second-order valence-corrected chi connectivity index (χ2v) is 12.2. The lowest BCUT2D eigenvalue weighted by atomic mass is 9.44. The molecule has 9 atom stereocenters. The first kappa shape index (κ1) is 24.3. The average molecular weight is 447 g/mol. The highest BCUT2D eigenvalue weighted by atomic mass is 16.5. The quantitative estimate of drug-likeness (QED) is 0.443. The smallest absolute Gasteiger partial charge is 0.303 e. The number of ether oxygens (including phenoxy) is 1. The standard InChI is InChI=1S/C28H46O4/c1-19(6-11-26(30)31)23-9-10-24-22-8-7-20-18-21(32-17-5-4-16-29)12-14-27(20,2)25(22)13-15-28(23,24)3/h4-5,19-25,29H,6-18H2,1-3H3,(H,30,31)/b5-4-/t19?,20-,21+,22?,23?,24?,25?,27+,28-/m1/s1. The van der Waals surface area contributed by atoms with Crippen molar-refractivity contribution in [3.63, 3.8) is 0 Å². The van der Waals surface area contributed by atoms with Crippen molar-refractivity contribution >= 4 is 5.97 Å². The van der Waals surface area contributed by atoms with Crippen molar-refractivity contribution in [3.05, 3.63) is 12.2 Å². The van der Waals surface area contributed by atoms with Gasteiger partial charge in [-0.15, -0.1) is 0 Å². The highest BCUT2D eigenvalue weighted by Crippen LogP contribution is 2.68. The molecule has 5 unspecified atom stereocenters. The predicted octanol–water partition coefficient (Wildman–Crippen LogP) is 6.08. The van der Waals surface area contributed by atoms with Gasteiger partial charge in [-0.3, -0.25) is 4.79 Å². The predicted molar refractivity (Wildman–Crippen MR) is 127 cm³/mol. The van der Waals surface area contributed by atoms with Gasteiger partial charge in [-0.25, -0.2) is 0 Å². The number of aliphatic carboxylic acids is 1. The average Bonchev–Trinajstić information content (AvgIpc) is 3.12. The number of fused-ring (bicyclic) bond motifs is 5. The monoisotopic (exact) mass is 446 g/mol. The zero-order chi connectivity index (χ0) is 22.9. The largest absolute Gasteiger partial charge is 0.481 e. The van der Waals surface area contributed by atoms with Crippen molar-refractivity contribution in [2.24, 2.45) is 46.3 Å². The van der Waals surface area contributed by atoms with Crippen molar-refractivity contribution in [2.75, 3.05) is 13.2 Å². The molecule has 4 aliphatic rings. The molecular weight excluding hydrogens is 400 g/mol. The van der Waals surface area contributed by atoms with Crippen LogP contribution in [0.25, 0.3) is 0 Å². The van der Waals surface area contributed by atoms with E-state index < -0.39 is 5.97 Å². The minimum absolute atomic E-state index is 0.0943. The number of rotatable bonds is 8. The molecule has 32 heavy (non-hydrogen) atoms. The van der Waals surface area contributed by atoms with E-state index in [1.54, 1.807) is 6.08 Å². The summed E-state index contributed by atoms with van der Waals surface area (Å²) in [4.78, 5) is 11.1. The van der Waals surface area contributed by atoms with Crippen molar-refractivity contribution in [2.45, 2.75) is 97.5 Å². The summed E-state index contributed by atoms with van der Waals surface area (Å²) in [6.45, 7) is 8.23. The van der Waals surface area contributed by atoms with E-state index >= 15 is 0 Å². The molecule has 4 heteroatoms. The minimum Gasteiger partial charge on any atom is -0.481 e. The van der Waals surface area contributed by atoms with Gasteiger partial charge in [0.15, 0.2) is 0 Å². The van der Waals surface area contributed by atoms with Crippen LogP contribution in [0.4, 0.5) is 0 Å². The molecule has 0 radical (unpaired) electrons. The lowest BCUT2D eigenvalue weighted by molar-refractivity contribution is -0.139. The van der Waals surface area contributed by atoms with E-state index in [-0.39, 0.29) is 6.61 Å². The normalized spacial score (nSPS) is 44.6. The van der Waals surface area contributed by atoms with Crippen LogP contribution < -0.4 is 0 Å². The van der Waals surface area contributed by atoms with Crippen LogP contribution in [0.2, 0.25) is 0 Å². The van der Waals surface area contributed by atoms with E-state index in [9.17, 15) is 4.79 Å². The summed E-state index contributed by atoms with van der Waals surface area (Å²) in [6, 6.07) is 0. The van der Waals surface area contributed by atoms with Crippen molar-refractivity contribution in [3.8, 4) is 0 Å². The Balaban J connectivity index is 1.41. The number of aliphatic hydroxyl groups is 1. The number of carbonyl (C=O) groups is 1. The lowest BCUT2D eigenvalue weighted by Gasteiger charge is -2.61. The maximum atomic E-state index is 11.1. The number of hydrogen-bond acceptors (Lipinski definition) is 3. The van der Waals surface area contributed by atoms with Crippen molar-refractivity contribution in [1.29, 1.82) is 0 Å². The van der Waals surface area contributed by atoms with Crippen LogP contribution in [0.5, 0.6) is 0 Å². The minimum atomic E-state index is -0.643. The van der Waals surface area contributed by atoms with Crippen LogP contribution in [0.3, 0.4) is 0 Å². The third-order valence-electron chi connectivity index (χ3n) is 10.9. The van der Waals surface area contributed by atoms with Crippen LogP contribution in [0.15, 0.2) is 12.2 Å². The second-order valence-electron chi connectivity index (χ2n) is 12.2. The van der Waals surface area contributed by atoms with Crippen LogP contribution in [0.1, 0.15) is 91.4 Å². The summed E-state index contributed by atoms with van der Waals surface area (Å²) in [5, 5.41) is 18.1. The van der Waals surface area contributed by atoms with E-state index in [1.807, 2.05) is 6.08 Å². The molecule has 0 heterocycles. The van der Waals surface area contributed by atoms with Gasteiger partial charge in [-0.1, -0.05) is 32.9 Å². The first-order valence-electron chi connectivity index (χ1n) is 13.4. The number of carboxylic acids is 1. The molecule has 4 saturated carbocycles. The van der Waals surface area contributed by atoms with Crippen molar-refractivity contribution in [1.82, 2.24) is 0 Å². The molecule has 4 nitrogen and oxygen atoms in total. The summed E-state index contributed by atoms with van der Waals surface area (Å²) in [6.07, 6.45) is 17.1. The SMILES string of the molecule is CC(CCC(=O)O)C1CCC2C3CC[C@@H]4C[C@@H](OC/C=C\CO)CC[C@]4(C)C3CC[C@]12C. The maximum absolute atomic E-state index is 11.1. The molecule has 0 aromatic carbocycles. The van der Waals surface area contributed by atoms with Crippen LogP contribution in [-0.4, -0.2) is 35.5 Å². The lowest BCUT2D eigenvalue weighted by Crippen LogP contribution is -2.54. The molecule has 182 valence electrons. The first-order chi connectivity index (χ1) is 15.3. The topological polar surface area (TPSA) is 66.8 Å². The molecule has 0 spiro atoms. The zero-order valence-corrected chi connectivity index (χ0v) is 20.6. The Labute approximate surface area is 195 Å². The molecule has 0 aromatic rings. The molecule has 4 aliphatic carbocycles. The van der Waals surface area contributed by atoms with Gasteiger partial charge in [-0.2, -0.15) is 0 Å². The fourth-order valence-electron chi connectivity index (χ4n) is 9.23. The molecule has 0 bridgehead atoms. The Morgan fingerprint density at radius 1 is 1.03 bits per heavy atom. The number of hydrogen-bond donors (Lipinski definition) is 2. The van der Waals surface area contributed by atoms with Crippen LogP contribution in [-0.2, 0) is 9.53 Å². The van der Waals surface area contributed by atoms with Gasteiger partial charge >= 0.3 is 5.97 Å². The molecule has 0 saturated heterocycles. The Morgan fingerprint density at radius 2 is 1.78 bits per heavy atom. The Kier molecular flexibility index (Phi) is 7.41. The van der Waals surface area contributed by atoms with E-state index in [2.05, 4.69) is 20.8 Å². The Hall–Kier alpha value is -0.870. The highest BCUT2D eigenvalue weighted by Gasteiger charge is 2.60. The Morgan fingerprint density at radius 3 is 2.53 bits per heavy atom. The van der Waals surface area contributed by atoms with Crippen LogP contribution in [0, 0.1) is 46.3 Å². The van der Waals surface area contributed by atoms with Gasteiger partial charge in [0.05, 0.1) is 19.3 Å². The van der Waals surface area contributed by atoms with Gasteiger partial charge in [0.1, 0.15) is 0 Å².